The Balaban J connectivity index is 1.36. The van der Waals surface area contributed by atoms with Crippen LogP contribution in [0.25, 0.3) is 10.9 Å². The van der Waals surface area contributed by atoms with Crippen LogP contribution in [0.5, 0.6) is 0 Å². The summed E-state index contributed by atoms with van der Waals surface area (Å²) < 4.78 is 2.51. The highest BCUT2D eigenvalue weighted by molar-refractivity contribution is 9.10. The van der Waals surface area contributed by atoms with Gasteiger partial charge in [-0.05, 0) is 49.6 Å². The molecule has 1 aliphatic rings. The zero-order valence-corrected chi connectivity index (χ0v) is 17.9. The molecule has 0 bridgehead atoms. The Bertz CT molecular complexity index is 1110. The molecule has 1 saturated heterocycles. The van der Waals surface area contributed by atoms with Crippen LogP contribution in [0.1, 0.15) is 12.2 Å². The number of benzene rings is 2. The minimum Gasteiger partial charge on any atom is -0.371 e. The lowest BCUT2D eigenvalue weighted by Gasteiger charge is -2.19. The molecule has 29 heavy (non-hydrogen) atoms. The maximum absolute atomic E-state index is 12.7. The third-order valence-corrected chi connectivity index (χ3v) is 5.89. The molecule has 0 aliphatic carbocycles. The predicted molar refractivity (Wildman–Crippen MR) is 118 cm³/mol. The van der Waals surface area contributed by atoms with E-state index in [0.717, 1.165) is 24.0 Å². The van der Waals surface area contributed by atoms with Gasteiger partial charge >= 0.3 is 0 Å². The average molecular weight is 455 g/mol. The van der Waals surface area contributed by atoms with E-state index in [1.165, 1.54) is 10.3 Å². The molecule has 0 spiro atoms. The third kappa shape index (κ3) is 4.34. The molecular formula is C22H23BrN4O2. The van der Waals surface area contributed by atoms with Crippen molar-refractivity contribution in [3.05, 3.63) is 69.2 Å². The summed E-state index contributed by atoms with van der Waals surface area (Å²) in [7, 11) is 0. The normalized spacial score (nSPS) is 16.3. The van der Waals surface area contributed by atoms with Gasteiger partial charge in [0.2, 0.25) is 5.91 Å². The van der Waals surface area contributed by atoms with Crippen LogP contribution in [0, 0.1) is 12.8 Å². The van der Waals surface area contributed by atoms with Gasteiger partial charge in [-0.15, -0.1) is 0 Å². The van der Waals surface area contributed by atoms with Gasteiger partial charge in [0.1, 0.15) is 12.4 Å². The highest BCUT2D eigenvalue weighted by atomic mass is 79.9. The molecule has 6 nitrogen and oxygen atoms in total. The van der Waals surface area contributed by atoms with Crippen molar-refractivity contribution < 1.29 is 4.79 Å². The summed E-state index contributed by atoms with van der Waals surface area (Å²) in [4.78, 5) is 32.0. The van der Waals surface area contributed by atoms with Crippen molar-refractivity contribution >= 4 is 38.4 Å². The lowest BCUT2D eigenvalue weighted by atomic mass is 10.1. The Labute approximate surface area is 177 Å². The van der Waals surface area contributed by atoms with Gasteiger partial charge in [-0.3, -0.25) is 14.2 Å². The van der Waals surface area contributed by atoms with Crippen molar-refractivity contribution in [3.8, 4) is 0 Å². The van der Waals surface area contributed by atoms with Gasteiger partial charge in [-0.25, -0.2) is 4.98 Å². The summed E-state index contributed by atoms with van der Waals surface area (Å²) in [5, 5.41) is 3.53. The number of para-hydroxylation sites is 1. The Hall–Kier alpha value is -2.67. The first-order valence-corrected chi connectivity index (χ1v) is 10.5. The molecule has 3 aromatic rings. The van der Waals surface area contributed by atoms with Crippen molar-refractivity contribution in [2.75, 3.05) is 24.5 Å². The van der Waals surface area contributed by atoms with Crippen LogP contribution >= 0.6 is 15.9 Å². The molecule has 0 saturated carbocycles. The summed E-state index contributed by atoms with van der Waals surface area (Å²) in [6.45, 7) is 4.24. The van der Waals surface area contributed by atoms with Gasteiger partial charge in [0, 0.05) is 29.8 Å². The van der Waals surface area contributed by atoms with Crippen LogP contribution in [-0.2, 0) is 11.3 Å². The summed E-state index contributed by atoms with van der Waals surface area (Å²) in [5.74, 6) is 0.782. The molecular weight excluding hydrogens is 432 g/mol. The van der Waals surface area contributed by atoms with Crippen molar-refractivity contribution in [3.63, 3.8) is 0 Å². The maximum Gasteiger partial charge on any atom is 0.261 e. The number of rotatable bonds is 5. The van der Waals surface area contributed by atoms with Crippen LogP contribution < -0.4 is 15.8 Å². The molecule has 1 N–H and O–H groups in total. The number of carbonyl (C=O) groups excluding carboxylic acids is 1. The van der Waals surface area contributed by atoms with Gasteiger partial charge in [0.25, 0.3) is 5.56 Å². The van der Waals surface area contributed by atoms with Crippen LogP contribution in [0.3, 0.4) is 0 Å². The molecule has 1 aromatic heterocycles. The number of fused-ring (bicyclic) bond motifs is 1. The fourth-order valence-electron chi connectivity index (χ4n) is 3.83. The lowest BCUT2D eigenvalue weighted by Crippen LogP contribution is -2.36. The van der Waals surface area contributed by atoms with E-state index in [4.69, 9.17) is 0 Å². The Morgan fingerprint density at radius 2 is 2.07 bits per heavy atom. The van der Waals surface area contributed by atoms with E-state index in [-0.39, 0.29) is 18.0 Å². The summed E-state index contributed by atoms with van der Waals surface area (Å²) in [5.41, 5.74) is 1.67. The smallest absolute Gasteiger partial charge is 0.261 e. The summed E-state index contributed by atoms with van der Waals surface area (Å²) >= 11 is 3.52. The third-order valence-electron chi connectivity index (χ3n) is 5.40. The number of nitrogens with zero attached hydrogens (tertiary/aromatic N) is 3. The molecule has 4 rings (SSSR count). The zero-order chi connectivity index (χ0) is 20.4. The minimum atomic E-state index is -0.176. The van der Waals surface area contributed by atoms with E-state index in [2.05, 4.69) is 43.3 Å². The number of anilines is 1. The first-order chi connectivity index (χ1) is 14.0. The molecule has 7 heteroatoms. The van der Waals surface area contributed by atoms with Crippen LogP contribution in [-0.4, -0.2) is 35.1 Å². The van der Waals surface area contributed by atoms with Gasteiger partial charge in [0.15, 0.2) is 0 Å². The lowest BCUT2D eigenvalue weighted by molar-refractivity contribution is -0.121. The Kier molecular flexibility index (Phi) is 5.67. The molecule has 1 amide bonds. The predicted octanol–water partition coefficient (Wildman–Crippen LogP) is 3.11. The van der Waals surface area contributed by atoms with Crippen molar-refractivity contribution in [2.45, 2.75) is 19.9 Å². The fraction of sp³-hybridized carbons (Fsp3) is 0.318. The first-order valence-electron chi connectivity index (χ1n) is 9.74. The second-order valence-electron chi connectivity index (χ2n) is 7.45. The largest absolute Gasteiger partial charge is 0.371 e. The minimum absolute atomic E-state index is 0.00936. The van der Waals surface area contributed by atoms with E-state index >= 15 is 0 Å². The van der Waals surface area contributed by atoms with Gasteiger partial charge < -0.3 is 10.2 Å². The number of nitrogens with one attached hydrogen (secondary N) is 1. The second kappa shape index (κ2) is 8.37. The standard InChI is InChI=1S/C22H23BrN4O2/c1-15-25-20-8-3-2-7-19(20)22(29)27(15)14-21(28)24-12-16-9-10-26(13-16)18-6-4-5-17(23)11-18/h2-8,11,16H,9-10,12-14H2,1H3,(H,24,28). The van der Waals surface area contributed by atoms with E-state index in [1.54, 1.807) is 13.0 Å². The van der Waals surface area contributed by atoms with Gasteiger partial charge in [0.05, 0.1) is 10.9 Å². The molecule has 0 radical (unpaired) electrons. The van der Waals surface area contributed by atoms with Crippen molar-refractivity contribution in [1.29, 1.82) is 0 Å². The summed E-state index contributed by atoms with van der Waals surface area (Å²) in [6, 6.07) is 15.5. The molecule has 1 unspecified atom stereocenters. The van der Waals surface area contributed by atoms with E-state index in [1.807, 2.05) is 30.3 Å². The highest BCUT2D eigenvalue weighted by Gasteiger charge is 2.23. The maximum atomic E-state index is 12.7. The van der Waals surface area contributed by atoms with Crippen LogP contribution in [0.4, 0.5) is 5.69 Å². The van der Waals surface area contributed by atoms with Crippen LogP contribution in [0.2, 0.25) is 0 Å². The van der Waals surface area contributed by atoms with Gasteiger partial charge in [-0.2, -0.15) is 0 Å². The quantitative estimate of drug-likeness (QED) is 0.642. The number of hydrogen-bond donors (Lipinski definition) is 1. The topological polar surface area (TPSA) is 67.2 Å². The first kappa shape index (κ1) is 19.6. The number of aryl methyl sites for hydroxylation is 1. The molecule has 2 heterocycles. The van der Waals surface area contributed by atoms with E-state index in [0.29, 0.717) is 29.2 Å². The zero-order valence-electron chi connectivity index (χ0n) is 16.3. The monoisotopic (exact) mass is 454 g/mol. The molecule has 1 atom stereocenters. The number of hydrogen-bond acceptors (Lipinski definition) is 4. The average Bonchev–Trinajstić information content (AvgIpc) is 3.19. The number of carbonyl (C=O) groups is 1. The highest BCUT2D eigenvalue weighted by Crippen LogP contribution is 2.25. The molecule has 1 aliphatic heterocycles. The Morgan fingerprint density at radius 3 is 2.90 bits per heavy atom. The fourth-order valence-corrected chi connectivity index (χ4v) is 4.22. The SMILES string of the molecule is Cc1nc2ccccc2c(=O)n1CC(=O)NCC1CCN(c2cccc(Br)c2)C1. The Morgan fingerprint density at radius 1 is 1.24 bits per heavy atom. The van der Waals surface area contributed by atoms with Crippen molar-refractivity contribution in [2.24, 2.45) is 5.92 Å². The van der Waals surface area contributed by atoms with Crippen molar-refractivity contribution in [1.82, 2.24) is 14.9 Å². The number of aromatic nitrogens is 2. The second-order valence-corrected chi connectivity index (χ2v) is 8.37. The molecule has 1 fully saturated rings. The number of halogens is 1. The van der Waals surface area contributed by atoms with Gasteiger partial charge in [-0.1, -0.05) is 34.1 Å². The summed E-state index contributed by atoms with van der Waals surface area (Å²) in [6.07, 6.45) is 1.03. The van der Waals surface area contributed by atoms with Crippen LogP contribution in [0.15, 0.2) is 57.8 Å². The molecule has 2 aromatic carbocycles. The number of amides is 1. The molecule has 150 valence electrons. The van der Waals surface area contributed by atoms with E-state index in [9.17, 15) is 9.59 Å². The van der Waals surface area contributed by atoms with E-state index < -0.39 is 0 Å².